The van der Waals surface area contributed by atoms with Gasteiger partial charge in [0.25, 0.3) is 0 Å². The van der Waals surface area contributed by atoms with Crippen LogP contribution in [0, 0.1) is 0 Å². The topological polar surface area (TPSA) is 27.7 Å². The first-order chi connectivity index (χ1) is 16.7. The fraction of sp³-hybridized carbons (Fsp3) is 0.793. The van der Waals surface area contributed by atoms with Crippen LogP contribution in [0.3, 0.4) is 0 Å². The summed E-state index contributed by atoms with van der Waals surface area (Å²) in [6.07, 6.45) is 13.6. The summed E-state index contributed by atoms with van der Waals surface area (Å²) in [5, 5.41) is 0. The van der Waals surface area contributed by atoms with Crippen LogP contribution >= 0.6 is 0 Å². The number of benzene rings is 1. The maximum Gasteiger partial charge on any atom is 0.316 e. The first kappa shape index (κ1) is 34.0. The molecule has 0 aliphatic heterocycles. The summed E-state index contributed by atoms with van der Waals surface area (Å²) < 4.78 is 21.1. The van der Waals surface area contributed by atoms with Crippen molar-refractivity contribution in [3.63, 3.8) is 0 Å². The van der Waals surface area contributed by atoms with E-state index in [1.807, 2.05) is 0 Å². The molecular formula is C29H60O3Si4. The Morgan fingerprint density at radius 2 is 1.03 bits per heavy atom. The van der Waals surface area contributed by atoms with Gasteiger partial charge in [-0.2, -0.15) is 0 Å². The van der Waals surface area contributed by atoms with Crippen molar-refractivity contribution in [2.45, 2.75) is 148 Å². The highest BCUT2D eigenvalue weighted by molar-refractivity contribution is 6.89. The molecule has 0 saturated carbocycles. The zero-order valence-electron chi connectivity index (χ0n) is 25.7. The third kappa shape index (κ3) is 16.0. The van der Waals surface area contributed by atoms with Crippen molar-refractivity contribution >= 4 is 33.8 Å². The van der Waals surface area contributed by atoms with E-state index in [4.69, 9.17) is 12.3 Å². The zero-order valence-corrected chi connectivity index (χ0v) is 29.7. The minimum Gasteiger partial charge on any atom is -0.437 e. The van der Waals surface area contributed by atoms with E-state index in [2.05, 4.69) is 96.6 Å². The second kappa shape index (κ2) is 16.2. The molecule has 0 aliphatic rings. The SMILES string of the molecule is CCCCCCCCCCCC[Si](C)(O[Si](C)(C)C)O[Si](C)(CC(C)c1ccccc1)O[Si](C)(C)C. The van der Waals surface area contributed by atoms with Crippen LogP contribution in [0.15, 0.2) is 30.3 Å². The summed E-state index contributed by atoms with van der Waals surface area (Å²) in [4.78, 5) is 0. The normalized spacial score (nSPS) is 16.9. The quantitative estimate of drug-likeness (QED) is 0.116. The average Bonchev–Trinajstić information content (AvgIpc) is 2.72. The van der Waals surface area contributed by atoms with Gasteiger partial charge < -0.3 is 12.3 Å². The number of unbranched alkanes of at least 4 members (excludes halogenated alkanes) is 9. The van der Waals surface area contributed by atoms with Crippen molar-refractivity contribution in [1.29, 1.82) is 0 Å². The molecule has 1 rings (SSSR count). The molecule has 0 amide bonds. The molecule has 210 valence electrons. The summed E-state index contributed by atoms with van der Waals surface area (Å²) >= 11 is 0. The molecule has 0 aliphatic carbocycles. The zero-order chi connectivity index (χ0) is 27.3. The minimum absolute atomic E-state index is 0.418. The standard InChI is InChI=1S/C29H60O3Si4/c1-11-12-13-14-15-16-17-18-19-23-26-35(9,30-33(3,4)5)32-36(10,31-34(6,7)8)27-28(2)29-24-21-20-22-25-29/h20-22,24-25,28H,11-19,23,26-27H2,1-10H3. The smallest absolute Gasteiger partial charge is 0.316 e. The van der Waals surface area contributed by atoms with Gasteiger partial charge in [0, 0.05) is 0 Å². The molecule has 36 heavy (non-hydrogen) atoms. The van der Waals surface area contributed by atoms with Crippen molar-refractivity contribution in [3.05, 3.63) is 35.9 Å². The van der Waals surface area contributed by atoms with Crippen LogP contribution in [-0.4, -0.2) is 33.8 Å². The maximum atomic E-state index is 7.26. The highest BCUT2D eigenvalue weighted by Crippen LogP contribution is 2.35. The molecule has 0 aromatic heterocycles. The number of hydrogen-bond donors (Lipinski definition) is 0. The summed E-state index contributed by atoms with van der Waals surface area (Å²) in [5.41, 5.74) is 1.38. The van der Waals surface area contributed by atoms with Crippen LogP contribution in [0.1, 0.15) is 89.5 Å². The van der Waals surface area contributed by atoms with Crippen molar-refractivity contribution in [2.75, 3.05) is 0 Å². The van der Waals surface area contributed by atoms with Gasteiger partial charge in [0.15, 0.2) is 16.6 Å². The van der Waals surface area contributed by atoms with Crippen molar-refractivity contribution < 1.29 is 12.3 Å². The van der Waals surface area contributed by atoms with Crippen molar-refractivity contribution in [1.82, 2.24) is 0 Å². The lowest BCUT2D eigenvalue weighted by Gasteiger charge is -2.43. The van der Waals surface area contributed by atoms with Crippen molar-refractivity contribution in [3.8, 4) is 0 Å². The third-order valence-electron chi connectivity index (χ3n) is 6.51. The van der Waals surface area contributed by atoms with E-state index in [1.165, 1.54) is 69.8 Å². The largest absolute Gasteiger partial charge is 0.437 e. The predicted octanol–water partition coefficient (Wildman–Crippen LogP) is 10.6. The van der Waals surface area contributed by atoms with Gasteiger partial charge in [-0.3, -0.25) is 0 Å². The molecule has 0 spiro atoms. The van der Waals surface area contributed by atoms with Crippen LogP contribution in [0.5, 0.6) is 0 Å². The fourth-order valence-corrected chi connectivity index (χ4v) is 24.2. The molecule has 0 fully saturated rings. The third-order valence-corrected chi connectivity index (χ3v) is 20.9. The van der Waals surface area contributed by atoms with Gasteiger partial charge in [0.1, 0.15) is 0 Å². The second-order valence-electron chi connectivity index (χ2n) is 13.2. The highest BCUT2D eigenvalue weighted by Gasteiger charge is 2.47. The molecule has 1 aromatic carbocycles. The summed E-state index contributed by atoms with van der Waals surface area (Å²) in [5.74, 6) is 0.418. The Morgan fingerprint density at radius 1 is 0.583 bits per heavy atom. The van der Waals surface area contributed by atoms with E-state index in [9.17, 15) is 0 Å². The lowest BCUT2D eigenvalue weighted by Crippen LogP contribution is -2.58. The summed E-state index contributed by atoms with van der Waals surface area (Å²) in [7, 11) is -8.31. The Hall–Kier alpha value is -0.0325. The second-order valence-corrected chi connectivity index (χ2v) is 29.6. The van der Waals surface area contributed by atoms with Gasteiger partial charge >= 0.3 is 17.1 Å². The first-order valence-electron chi connectivity index (χ1n) is 14.8. The van der Waals surface area contributed by atoms with Crippen LogP contribution in [0.4, 0.5) is 0 Å². The Labute approximate surface area is 229 Å². The summed E-state index contributed by atoms with van der Waals surface area (Å²) in [6.45, 7) is 23.1. The lowest BCUT2D eigenvalue weighted by molar-refractivity contribution is 0.312. The van der Waals surface area contributed by atoms with E-state index >= 15 is 0 Å². The Kier molecular flexibility index (Phi) is 15.3. The van der Waals surface area contributed by atoms with E-state index in [0.29, 0.717) is 5.92 Å². The van der Waals surface area contributed by atoms with Gasteiger partial charge in [-0.25, -0.2) is 0 Å². The minimum atomic E-state index is -2.44. The molecule has 7 heteroatoms. The van der Waals surface area contributed by atoms with Crippen LogP contribution < -0.4 is 0 Å². The summed E-state index contributed by atoms with van der Waals surface area (Å²) in [6, 6.07) is 12.9. The monoisotopic (exact) mass is 568 g/mol. The first-order valence-corrected chi connectivity index (χ1v) is 26.7. The number of hydrogen-bond acceptors (Lipinski definition) is 3. The number of rotatable bonds is 20. The van der Waals surface area contributed by atoms with E-state index in [0.717, 1.165) is 12.1 Å². The molecule has 3 atom stereocenters. The molecule has 3 nitrogen and oxygen atoms in total. The van der Waals surface area contributed by atoms with Gasteiger partial charge in [-0.1, -0.05) is 108 Å². The molecule has 1 aromatic rings. The molecule has 0 saturated heterocycles. The Balaban J connectivity index is 2.82. The highest BCUT2D eigenvalue weighted by atomic mass is 28.5. The van der Waals surface area contributed by atoms with Crippen LogP contribution in [0.2, 0.25) is 64.5 Å². The average molecular weight is 569 g/mol. The van der Waals surface area contributed by atoms with E-state index < -0.39 is 33.8 Å². The van der Waals surface area contributed by atoms with Crippen LogP contribution in [0.25, 0.3) is 0 Å². The molecule has 0 N–H and O–H groups in total. The van der Waals surface area contributed by atoms with Gasteiger partial charge in [0.2, 0.25) is 0 Å². The molecule has 3 unspecified atom stereocenters. The van der Waals surface area contributed by atoms with E-state index in [-0.39, 0.29) is 0 Å². The maximum absolute atomic E-state index is 7.26. The lowest BCUT2D eigenvalue weighted by atomic mass is 10.0. The van der Waals surface area contributed by atoms with Gasteiger partial charge in [-0.05, 0) is 75.9 Å². The van der Waals surface area contributed by atoms with Gasteiger partial charge in [0.05, 0.1) is 0 Å². The Bertz CT molecular complexity index is 705. The van der Waals surface area contributed by atoms with Crippen molar-refractivity contribution in [2.24, 2.45) is 0 Å². The molecule has 0 bridgehead atoms. The predicted molar refractivity (Wildman–Crippen MR) is 169 cm³/mol. The fourth-order valence-electron chi connectivity index (χ4n) is 5.37. The molecule has 0 heterocycles. The molecule has 0 radical (unpaired) electrons. The Morgan fingerprint density at radius 3 is 1.50 bits per heavy atom. The molecular weight excluding hydrogens is 509 g/mol. The van der Waals surface area contributed by atoms with E-state index in [1.54, 1.807) is 0 Å². The van der Waals surface area contributed by atoms with Gasteiger partial charge in [-0.15, -0.1) is 0 Å². The van der Waals surface area contributed by atoms with Crippen LogP contribution in [-0.2, 0) is 12.3 Å².